The average Bonchev–Trinajstić information content (AvgIpc) is 2.96. The predicted octanol–water partition coefficient (Wildman–Crippen LogP) is 2.01. The number of hydrogen-bond acceptors (Lipinski definition) is 3. The minimum Gasteiger partial charge on any atom is -0.483 e. The van der Waals surface area contributed by atoms with E-state index >= 15 is 0 Å². The number of thiocarbonyl (C=S) groups is 1. The molecule has 108 valence electrons. The van der Waals surface area contributed by atoms with Crippen LogP contribution in [0.1, 0.15) is 31.2 Å². The normalized spacial score (nSPS) is 15.0. The van der Waals surface area contributed by atoms with Crippen molar-refractivity contribution in [2.45, 2.75) is 25.7 Å². The van der Waals surface area contributed by atoms with Gasteiger partial charge in [-0.1, -0.05) is 37.2 Å². The molecule has 1 aromatic carbocycles. The van der Waals surface area contributed by atoms with E-state index in [1.165, 1.54) is 25.7 Å². The molecule has 4 nitrogen and oxygen atoms in total. The van der Waals surface area contributed by atoms with Gasteiger partial charge in [-0.2, -0.15) is 0 Å². The zero-order valence-electron chi connectivity index (χ0n) is 11.4. The first-order valence-corrected chi connectivity index (χ1v) is 7.36. The van der Waals surface area contributed by atoms with Gasteiger partial charge >= 0.3 is 0 Å². The number of nitrogens with one attached hydrogen (secondary N) is 1. The molecule has 1 amide bonds. The number of ether oxygens (including phenoxy) is 1. The van der Waals surface area contributed by atoms with E-state index in [0.29, 0.717) is 17.2 Å². The van der Waals surface area contributed by atoms with E-state index in [1.54, 1.807) is 12.1 Å². The highest BCUT2D eigenvalue weighted by Crippen LogP contribution is 2.23. The molecule has 2 rings (SSSR count). The summed E-state index contributed by atoms with van der Waals surface area (Å²) in [6.07, 6.45) is 4.98. The third-order valence-corrected chi connectivity index (χ3v) is 3.79. The standard InChI is InChI=1S/C15H20N2O2S/c16-15(20)12-7-3-4-8-13(12)19-10-14(18)17-9-11-5-1-2-6-11/h3-4,7-8,11H,1-2,5-6,9-10H2,(H2,16,20)(H,17,18). The van der Waals surface area contributed by atoms with E-state index < -0.39 is 0 Å². The molecule has 0 saturated heterocycles. The van der Waals surface area contributed by atoms with E-state index in [1.807, 2.05) is 12.1 Å². The fourth-order valence-corrected chi connectivity index (χ4v) is 2.63. The van der Waals surface area contributed by atoms with Crippen LogP contribution in [-0.4, -0.2) is 24.0 Å². The number of carbonyl (C=O) groups excluding carboxylic acids is 1. The van der Waals surface area contributed by atoms with Crippen molar-refractivity contribution in [1.29, 1.82) is 0 Å². The smallest absolute Gasteiger partial charge is 0.257 e. The summed E-state index contributed by atoms with van der Waals surface area (Å²) in [7, 11) is 0. The van der Waals surface area contributed by atoms with Crippen LogP contribution in [0.15, 0.2) is 24.3 Å². The average molecular weight is 292 g/mol. The number of nitrogens with two attached hydrogens (primary N) is 1. The Hall–Kier alpha value is -1.62. The lowest BCUT2D eigenvalue weighted by molar-refractivity contribution is -0.123. The fourth-order valence-electron chi connectivity index (χ4n) is 2.46. The highest BCUT2D eigenvalue weighted by atomic mass is 32.1. The van der Waals surface area contributed by atoms with Gasteiger partial charge in [-0.25, -0.2) is 0 Å². The quantitative estimate of drug-likeness (QED) is 0.787. The van der Waals surface area contributed by atoms with Gasteiger partial charge < -0.3 is 15.8 Å². The molecule has 0 heterocycles. The first-order chi connectivity index (χ1) is 9.66. The van der Waals surface area contributed by atoms with Crippen molar-refractivity contribution >= 4 is 23.1 Å². The van der Waals surface area contributed by atoms with Gasteiger partial charge in [0.25, 0.3) is 5.91 Å². The maximum Gasteiger partial charge on any atom is 0.257 e. The lowest BCUT2D eigenvalue weighted by atomic mass is 10.1. The maximum atomic E-state index is 11.8. The van der Waals surface area contributed by atoms with E-state index in [2.05, 4.69) is 5.32 Å². The molecule has 0 bridgehead atoms. The number of hydrogen-bond donors (Lipinski definition) is 2. The summed E-state index contributed by atoms with van der Waals surface area (Å²) in [4.78, 5) is 12.0. The van der Waals surface area contributed by atoms with Crippen LogP contribution in [0.3, 0.4) is 0 Å². The number of benzene rings is 1. The van der Waals surface area contributed by atoms with Crippen LogP contribution in [0.4, 0.5) is 0 Å². The summed E-state index contributed by atoms with van der Waals surface area (Å²) in [5.41, 5.74) is 6.27. The van der Waals surface area contributed by atoms with Crippen LogP contribution < -0.4 is 15.8 Å². The van der Waals surface area contributed by atoms with Crippen LogP contribution in [0.25, 0.3) is 0 Å². The van der Waals surface area contributed by atoms with Crippen molar-refractivity contribution in [2.75, 3.05) is 13.2 Å². The second kappa shape index (κ2) is 7.24. The van der Waals surface area contributed by atoms with Crippen LogP contribution in [0, 0.1) is 5.92 Å². The van der Waals surface area contributed by atoms with Crippen LogP contribution >= 0.6 is 12.2 Å². The Labute approximate surface area is 124 Å². The lowest BCUT2D eigenvalue weighted by Crippen LogP contribution is -2.32. The summed E-state index contributed by atoms with van der Waals surface area (Å²) in [6, 6.07) is 7.21. The molecule has 0 atom stereocenters. The third kappa shape index (κ3) is 4.20. The molecule has 5 heteroatoms. The molecule has 0 unspecified atom stereocenters. The Morgan fingerprint density at radius 1 is 1.35 bits per heavy atom. The van der Waals surface area contributed by atoms with Crippen LogP contribution in [0.2, 0.25) is 0 Å². The van der Waals surface area contributed by atoms with Crippen molar-refractivity contribution in [3.63, 3.8) is 0 Å². The summed E-state index contributed by atoms with van der Waals surface area (Å²) in [6.45, 7) is 0.742. The van der Waals surface area contributed by atoms with Crippen molar-refractivity contribution < 1.29 is 9.53 Å². The number of rotatable bonds is 6. The highest BCUT2D eigenvalue weighted by molar-refractivity contribution is 7.80. The molecular weight excluding hydrogens is 272 g/mol. The Morgan fingerprint density at radius 3 is 2.75 bits per heavy atom. The van der Waals surface area contributed by atoms with E-state index in [0.717, 1.165) is 6.54 Å². The van der Waals surface area contributed by atoms with Crippen LogP contribution in [-0.2, 0) is 4.79 Å². The maximum absolute atomic E-state index is 11.8. The second-order valence-electron chi connectivity index (χ2n) is 5.10. The van der Waals surface area contributed by atoms with E-state index in [9.17, 15) is 4.79 Å². The van der Waals surface area contributed by atoms with Crippen molar-refractivity contribution in [3.05, 3.63) is 29.8 Å². The number of carbonyl (C=O) groups is 1. The van der Waals surface area contributed by atoms with Gasteiger partial charge in [0.15, 0.2) is 6.61 Å². The van der Waals surface area contributed by atoms with Crippen molar-refractivity contribution in [3.8, 4) is 5.75 Å². The summed E-state index contributed by atoms with van der Waals surface area (Å²) in [5.74, 6) is 1.08. The highest BCUT2D eigenvalue weighted by Gasteiger charge is 2.16. The molecule has 1 aliphatic carbocycles. The number of para-hydroxylation sites is 1. The van der Waals surface area contributed by atoms with Crippen LogP contribution in [0.5, 0.6) is 5.75 Å². The second-order valence-corrected chi connectivity index (χ2v) is 5.54. The first-order valence-electron chi connectivity index (χ1n) is 6.95. The Bertz CT molecular complexity index is 485. The molecule has 0 aliphatic heterocycles. The van der Waals surface area contributed by atoms with E-state index in [4.69, 9.17) is 22.7 Å². The van der Waals surface area contributed by atoms with Gasteiger partial charge in [-0.3, -0.25) is 4.79 Å². The molecular formula is C15H20N2O2S. The van der Waals surface area contributed by atoms with Crippen molar-refractivity contribution in [2.24, 2.45) is 11.7 Å². The topological polar surface area (TPSA) is 64.3 Å². The summed E-state index contributed by atoms with van der Waals surface area (Å²) >= 11 is 4.95. The minimum atomic E-state index is -0.102. The first kappa shape index (κ1) is 14.8. The van der Waals surface area contributed by atoms with Gasteiger partial charge in [0.2, 0.25) is 0 Å². The molecule has 3 N–H and O–H groups in total. The zero-order chi connectivity index (χ0) is 14.4. The minimum absolute atomic E-state index is 0.00759. The Morgan fingerprint density at radius 2 is 2.05 bits per heavy atom. The largest absolute Gasteiger partial charge is 0.483 e. The number of amides is 1. The molecule has 0 radical (unpaired) electrons. The zero-order valence-corrected chi connectivity index (χ0v) is 12.2. The molecule has 1 saturated carbocycles. The summed E-state index contributed by atoms with van der Waals surface area (Å²) < 4.78 is 5.50. The molecule has 0 spiro atoms. The fraction of sp³-hybridized carbons (Fsp3) is 0.467. The van der Waals surface area contributed by atoms with Gasteiger partial charge in [0.1, 0.15) is 10.7 Å². The Kier molecular flexibility index (Phi) is 5.35. The Balaban J connectivity index is 1.79. The molecule has 0 aromatic heterocycles. The monoisotopic (exact) mass is 292 g/mol. The van der Waals surface area contributed by atoms with E-state index in [-0.39, 0.29) is 17.5 Å². The summed E-state index contributed by atoms with van der Waals surface area (Å²) in [5, 5.41) is 2.92. The van der Waals surface area contributed by atoms with Gasteiger partial charge in [-0.05, 0) is 30.9 Å². The predicted molar refractivity (Wildman–Crippen MR) is 82.8 cm³/mol. The third-order valence-electron chi connectivity index (χ3n) is 3.57. The van der Waals surface area contributed by atoms with Crippen molar-refractivity contribution in [1.82, 2.24) is 5.32 Å². The molecule has 1 aromatic rings. The van der Waals surface area contributed by atoms with Gasteiger partial charge in [-0.15, -0.1) is 0 Å². The van der Waals surface area contributed by atoms with Gasteiger partial charge in [0.05, 0.1) is 5.56 Å². The molecule has 20 heavy (non-hydrogen) atoms. The SMILES string of the molecule is NC(=S)c1ccccc1OCC(=O)NCC1CCCC1. The molecule has 1 aliphatic rings. The lowest BCUT2D eigenvalue weighted by Gasteiger charge is -2.12. The van der Waals surface area contributed by atoms with Gasteiger partial charge in [0, 0.05) is 6.54 Å². The molecule has 1 fully saturated rings.